The Bertz CT molecular complexity index is 453. The van der Waals surface area contributed by atoms with Crippen LogP contribution in [0.2, 0.25) is 0 Å². The molecule has 1 heterocycles. The predicted octanol–water partition coefficient (Wildman–Crippen LogP) is 2.09. The number of morpholine rings is 1. The van der Waals surface area contributed by atoms with Crippen molar-refractivity contribution in [3.8, 4) is 5.75 Å². The van der Waals surface area contributed by atoms with Gasteiger partial charge in [0.1, 0.15) is 12.4 Å². The van der Waals surface area contributed by atoms with Crippen molar-refractivity contribution in [3.63, 3.8) is 0 Å². The smallest absolute Gasteiger partial charge is 0.225 e. The van der Waals surface area contributed by atoms with E-state index in [9.17, 15) is 4.79 Å². The second kappa shape index (κ2) is 10.0. The minimum Gasteiger partial charge on any atom is -0.492 e. The molecule has 1 saturated heterocycles. The van der Waals surface area contributed by atoms with Gasteiger partial charge in [-0.1, -0.05) is 15.9 Å². The molecular weight excluding hydrogens is 372 g/mol. The molecule has 0 bridgehead atoms. The molecule has 0 saturated carbocycles. The van der Waals surface area contributed by atoms with Gasteiger partial charge in [0, 0.05) is 24.6 Å². The van der Waals surface area contributed by atoms with Crippen molar-refractivity contribution in [1.29, 1.82) is 0 Å². The van der Waals surface area contributed by atoms with E-state index in [4.69, 9.17) is 9.47 Å². The molecule has 22 heavy (non-hydrogen) atoms. The highest BCUT2D eigenvalue weighted by molar-refractivity contribution is 9.10. The molecule has 1 amide bonds. The third-order valence-corrected chi connectivity index (χ3v) is 3.87. The van der Waals surface area contributed by atoms with Crippen LogP contribution >= 0.6 is 28.3 Å². The lowest BCUT2D eigenvalue weighted by atomic mass is 10.2. The average molecular weight is 394 g/mol. The van der Waals surface area contributed by atoms with Gasteiger partial charge in [-0.25, -0.2) is 0 Å². The highest BCUT2D eigenvalue weighted by Gasteiger charge is 2.19. The summed E-state index contributed by atoms with van der Waals surface area (Å²) in [4.78, 5) is 13.7. The molecule has 1 fully saturated rings. The molecule has 124 valence electrons. The van der Waals surface area contributed by atoms with Crippen LogP contribution in [-0.4, -0.2) is 56.8 Å². The monoisotopic (exact) mass is 392 g/mol. The molecule has 1 N–H and O–H groups in total. The second-order valence-corrected chi connectivity index (χ2v) is 5.93. The number of rotatable bonds is 6. The molecule has 1 aromatic carbocycles. The Morgan fingerprint density at radius 1 is 1.45 bits per heavy atom. The van der Waals surface area contributed by atoms with Gasteiger partial charge in [0.25, 0.3) is 0 Å². The molecule has 2 rings (SSSR count). The van der Waals surface area contributed by atoms with E-state index in [1.807, 2.05) is 24.3 Å². The quantitative estimate of drug-likeness (QED) is 0.804. The van der Waals surface area contributed by atoms with E-state index in [1.165, 1.54) is 0 Å². The molecule has 0 aliphatic carbocycles. The van der Waals surface area contributed by atoms with Crippen LogP contribution in [0.5, 0.6) is 5.75 Å². The number of likely N-dealkylation sites (N-methyl/N-ethyl adjacent to an activating group) is 1. The van der Waals surface area contributed by atoms with Gasteiger partial charge >= 0.3 is 0 Å². The van der Waals surface area contributed by atoms with Gasteiger partial charge in [0.15, 0.2) is 0 Å². The summed E-state index contributed by atoms with van der Waals surface area (Å²) in [7, 11) is 1.80. The average Bonchev–Trinajstić information content (AvgIpc) is 2.50. The van der Waals surface area contributed by atoms with Gasteiger partial charge < -0.3 is 19.7 Å². The van der Waals surface area contributed by atoms with E-state index < -0.39 is 0 Å². The normalized spacial score (nSPS) is 17.5. The van der Waals surface area contributed by atoms with Gasteiger partial charge in [-0.05, 0) is 24.3 Å². The third kappa shape index (κ3) is 6.52. The molecule has 1 atom stereocenters. The maximum Gasteiger partial charge on any atom is 0.225 e. The number of carbonyl (C=O) groups is 1. The maximum absolute atomic E-state index is 12.1. The van der Waals surface area contributed by atoms with E-state index in [2.05, 4.69) is 21.2 Å². The highest BCUT2D eigenvalue weighted by Crippen LogP contribution is 2.16. The van der Waals surface area contributed by atoms with Gasteiger partial charge in [-0.3, -0.25) is 4.79 Å². The van der Waals surface area contributed by atoms with Gasteiger partial charge in [0.05, 0.1) is 25.7 Å². The lowest BCUT2D eigenvalue weighted by Crippen LogP contribution is -2.42. The van der Waals surface area contributed by atoms with Crippen LogP contribution in [-0.2, 0) is 9.53 Å². The SMILES string of the molecule is CN(CCOc1ccc(Br)cc1)C(=O)CC1CNCCO1.Cl. The van der Waals surface area contributed by atoms with Crippen molar-refractivity contribution in [2.45, 2.75) is 12.5 Å². The van der Waals surface area contributed by atoms with Crippen LogP contribution in [0.25, 0.3) is 0 Å². The topological polar surface area (TPSA) is 50.8 Å². The van der Waals surface area contributed by atoms with E-state index in [-0.39, 0.29) is 24.4 Å². The van der Waals surface area contributed by atoms with Crippen LogP contribution in [0.1, 0.15) is 6.42 Å². The van der Waals surface area contributed by atoms with Crippen LogP contribution in [0.15, 0.2) is 28.7 Å². The molecule has 0 spiro atoms. The number of hydrogen-bond donors (Lipinski definition) is 1. The Labute approximate surface area is 145 Å². The zero-order chi connectivity index (χ0) is 15.1. The van der Waals surface area contributed by atoms with Gasteiger partial charge in [0.2, 0.25) is 5.91 Å². The molecule has 0 aromatic heterocycles. The summed E-state index contributed by atoms with van der Waals surface area (Å²) in [6.45, 7) is 3.33. The summed E-state index contributed by atoms with van der Waals surface area (Å²) in [6, 6.07) is 7.65. The third-order valence-electron chi connectivity index (χ3n) is 3.34. The first kappa shape index (κ1) is 19.2. The summed E-state index contributed by atoms with van der Waals surface area (Å²) < 4.78 is 12.2. The number of nitrogens with one attached hydrogen (secondary N) is 1. The molecule has 0 radical (unpaired) electrons. The summed E-state index contributed by atoms with van der Waals surface area (Å²) in [6.07, 6.45) is 0.406. The molecular formula is C15H22BrClN2O3. The zero-order valence-corrected chi connectivity index (χ0v) is 15.0. The van der Waals surface area contributed by atoms with E-state index >= 15 is 0 Å². The molecule has 1 aliphatic rings. The number of carbonyl (C=O) groups excluding carboxylic acids is 1. The van der Waals surface area contributed by atoms with Gasteiger partial charge in [-0.15, -0.1) is 12.4 Å². The molecule has 1 aliphatic heterocycles. The lowest BCUT2D eigenvalue weighted by molar-refractivity contribution is -0.133. The first-order valence-electron chi connectivity index (χ1n) is 7.10. The summed E-state index contributed by atoms with van der Waals surface area (Å²) >= 11 is 3.38. The molecule has 1 unspecified atom stereocenters. The molecule has 5 nitrogen and oxygen atoms in total. The summed E-state index contributed by atoms with van der Waals surface area (Å²) in [5.74, 6) is 0.891. The fourth-order valence-electron chi connectivity index (χ4n) is 2.06. The highest BCUT2D eigenvalue weighted by atomic mass is 79.9. The number of hydrogen-bond acceptors (Lipinski definition) is 4. The van der Waals surface area contributed by atoms with Crippen LogP contribution in [0.3, 0.4) is 0 Å². The molecule has 1 aromatic rings. The van der Waals surface area contributed by atoms with Crippen molar-refractivity contribution in [3.05, 3.63) is 28.7 Å². The second-order valence-electron chi connectivity index (χ2n) is 5.02. The van der Waals surface area contributed by atoms with Crippen LogP contribution in [0, 0.1) is 0 Å². The first-order valence-corrected chi connectivity index (χ1v) is 7.89. The van der Waals surface area contributed by atoms with E-state index in [0.717, 1.165) is 23.3 Å². The lowest BCUT2D eigenvalue weighted by Gasteiger charge is -2.25. The minimum absolute atomic E-state index is 0. The van der Waals surface area contributed by atoms with Crippen molar-refractivity contribution < 1.29 is 14.3 Å². The Balaban J connectivity index is 0.00000242. The zero-order valence-electron chi connectivity index (χ0n) is 12.6. The summed E-state index contributed by atoms with van der Waals surface area (Å²) in [5, 5.41) is 3.22. The number of ether oxygens (including phenoxy) is 2. The summed E-state index contributed by atoms with van der Waals surface area (Å²) in [5.41, 5.74) is 0. The number of amides is 1. The fraction of sp³-hybridized carbons (Fsp3) is 0.533. The molecule has 7 heteroatoms. The largest absolute Gasteiger partial charge is 0.492 e. The fourth-order valence-corrected chi connectivity index (χ4v) is 2.32. The standard InChI is InChI=1S/C15H21BrN2O3.ClH/c1-18(15(19)10-14-11-17-6-8-20-14)7-9-21-13-4-2-12(16)3-5-13;/h2-5,14,17H,6-11H2,1H3;1H. The minimum atomic E-state index is -0.0129. The maximum atomic E-state index is 12.1. The first-order chi connectivity index (χ1) is 10.1. The van der Waals surface area contributed by atoms with Crippen molar-refractivity contribution in [2.24, 2.45) is 0 Å². The van der Waals surface area contributed by atoms with Crippen LogP contribution < -0.4 is 10.1 Å². The Kier molecular flexibility index (Phi) is 8.78. The number of benzene rings is 1. The van der Waals surface area contributed by atoms with Gasteiger partial charge in [-0.2, -0.15) is 0 Å². The van der Waals surface area contributed by atoms with E-state index in [1.54, 1.807) is 11.9 Å². The Morgan fingerprint density at radius 3 is 2.82 bits per heavy atom. The van der Waals surface area contributed by atoms with Crippen LogP contribution in [0.4, 0.5) is 0 Å². The Morgan fingerprint density at radius 2 is 2.18 bits per heavy atom. The Hall–Kier alpha value is -0.820. The van der Waals surface area contributed by atoms with Crippen molar-refractivity contribution >= 4 is 34.2 Å². The number of halogens is 2. The van der Waals surface area contributed by atoms with Crippen molar-refractivity contribution in [1.82, 2.24) is 10.2 Å². The van der Waals surface area contributed by atoms with E-state index in [0.29, 0.717) is 26.2 Å². The van der Waals surface area contributed by atoms with Crippen molar-refractivity contribution in [2.75, 3.05) is 39.9 Å². The predicted molar refractivity (Wildman–Crippen MR) is 91.7 cm³/mol. The number of nitrogens with zero attached hydrogens (tertiary/aromatic N) is 1.